The van der Waals surface area contributed by atoms with Crippen LogP contribution in [-0.4, -0.2) is 32.9 Å². The fourth-order valence-corrected chi connectivity index (χ4v) is 1.52. The molecule has 106 valence electrons. The summed E-state index contributed by atoms with van der Waals surface area (Å²) in [6.07, 6.45) is 0. The first-order valence-corrected chi connectivity index (χ1v) is 6.23. The molecule has 2 N–H and O–H groups in total. The lowest BCUT2D eigenvalue weighted by Crippen LogP contribution is -2.13. The Morgan fingerprint density at radius 3 is 2.68 bits per heavy atom. The molecule has 0 unspecified atom stereocenters. The fraction of sp³-hybridized carbons (Fsp3) is 0.500. The quantitative estimate of drug-likeness (QED) is 0.465. The van der Waals surface area contributed by atoms with E-state index in [1.165, 1.54) is 7.11 Å². The Kier molecular flexibility index (Phi) is 6.15. The number of nitrogens with two attached hydrogens (primary N) is 1. The smallest absolute Gasteiger partial charge is 0.343 e. The molecule has 1 aromatic carbocycles. The lowest BCUT2D eigenvalue weighted by Gasteiger charge is -2.12. The topological polar surface area (TPSA) is 70.8 Å². The molecule has 0 amide bonds. The Morgan fingerprint density at radius 2 is 2.05 bits per heavy atom. The summed E-state index contributed by atoms with van der Waals surface area (Å²) in [5, 5.41) is 0. The third-order valence-electron chi connectivity index (χ3n) is 2.38. The minimum atomic E-state index is -0.504. The Morgan fingerprint density at radius 1 is 1.32 bits per heavy atom. The molecule has 0 aliphatic rings. The van der Waals surface area contributed by atoms with E-state index in [-0.39, 0.29) is 5.56 Å². The van der Waals surface area contributed by atoms with E-state index >= 15 is 0 Å². The number of nitrogen functional groups attached to an aromatic ring is 1. The van der Waals surface area contributed by atoms with E-state index in [9.17, 15) is 4.79 Å². The van der Waals surface area contributed by atoms with Crippen LogP contribution in [0, 0.1) is 5.92 Å². The minimum absolute atomic E-state index is 0.258. The van der Waals surface area contributed by atoms with Crippen molar-refractivity contribution in [3.63, 3.8) is 0 Å². The standard InChI is InChI=1S/C14H21NO4/c1-10(2)9-18-7-8-19-12-6-4-5-11(15)13(12)14(16)17-3/h4-6,10H,7-9,15H2,1-3H3. The lowest BCUT2D eigenvalue weighted by atomic mass is 10.1. The lowest BCUT2D eigenvalue weighted by molar-refractivity contribution is 0.0588. The van der Waals surface area contributed by atoms with Gasteiger partial charge in [0, 0.05) is 12.3 Å². The highest BCUT2D eigenvalue weighted by Crippen LogP contribution is 2.25. The van der Waals surface area contributed by atoms with Crippen LogP contribution >= 0.6 is 0 Å². The van der Waals surface area contributed by atoms with Crippen molar-refractivity contribution in [2.45, 2.75) is 13.8 Å². The van der Waals surface area contributed by atoms with Crippen molar-refractivity contribution in [3.8, 4) is 5.75 Å². The van der Waals surface area contributed by atoms with Gasteiger partial charge in [-0.05, 0) is 18.1 Å². The van der Waals surface area contributed by atoms with Crippen LogP contribution in [0.3, 0.4) is 0 Å². The molecule has 19 heavy (non-hydrogen) atoms. The average Bonchev–Trinajstić information content (AvgIpc) is 2.37. The largest absolute Gasteiger partial charge is 0.490 e. The molecule has 0 spiro atoms. The highest BCUT2D eigenvalue weighted by atomic mass is 16.5. The SMILES string of the molecule is COC(=O)c1c(N)cccc1OCCOCC(C)C. The van der Waals surface area contributed by atoms with E-state index in [0.29, 0.717) is 37.2 Å². The zero-order chi connectivity index (χ0) is 14.3. The Bertz CT molecular complexity index is 418. The van der Waals surface area contributed by atoms with Crippen LogP contribution in [0.5, 0.6) is 5.75 Å². The van der Waals surface area contributed by atoms with Gasteiger partial charge in [0.05, 0.1) is 13.7 Å². The average molecular weight is 267 g/mol. The summed E-state index contributed by atoms with van der Waals surface area (Å²) in [6.45, 7) is 5.67. The summed E-state index contributed by atoms with van der Waals surface area (Å²) in [5.41, 5.74) is 6.35. The zero-order valence-corrected chi connectivity index (χ0v) is 11.6. The molecule has 0 atom stereocenters. The number of hydrogen-bond donors (Lipinski definition) is 1. The number of hydrogen-bond acceptors (Lipinski definition) is 5. The van der Waals surface area contributed by atoms with Crippen LogP contribution in [0.1, 0.15) is 24.2 Å². The highest BCUT2D eigenvalue weighted by molar-refractivity contribution is 5.98. The Labute approximate surface area is 113 Å². The molecule has 0 aliphatic heterocycles. The van der Waals surface area contributed by atoms with Gasteiger partial charge in [0.25, 0.3) is 0 Å². The van der Waals surface area contributed by atoms with Crippen LogP contribution in [0.2, 0.25) is 0 Å². The Hall–Kier alpha value is -1.75. The van der Waals surface area contributed by atoms with Gasteiger partial charge >= 0.3 is 5.97 Å². The third kappa shape index (κ3) is 4.79. The molecule has 0 bridgehead atoms. The second-order valence-corrected chi connectivity index (χ2v) is 4.53. The Balaban J connectivity index is 2.58. The van der Waals surface area contributed by atoms with Crippen molar-refractivity contribution in [2.75, 3.05) is 32.7 Å². The van der Waals surface area contributed by atoms with Gasteiger partial charge in [0.2, 0.25) is 0 Å². The van der Waals surface area contributed by atoms with Crippen molar-refractivity contribution < 1.29 is 19.0 Å². The van der Waals surface area contributed by atoms with Gasteiger partial charge in [-0.1, -0.05) is 19.9 Å². The molecule has 0 radical (unpaired) electrons. The molecule has 0 saturated heterocycles. The number of benzene rings is 1. The zero-order valence-electron chi connectivity index (χ0n) is 11.6. The maximum atomic E-state index is 11.6. The van der Waals surface area contributed by atoms with Crippen LogP contribution in [-0.2, 0) is 9.47 Å². The molecular weight excluding hydrogens is 246 g/mol. The van der Waals surface area contributed by atoms with Gasteiger partial charge in [-0.15, -0.1) is 0 Å². The first-order valence-electron chi connectivity index (χ1n) is 6.23. The number of anilines is 1. The number of methoxy groups -OCH3 is 1. The number of carbonyl (C=O) groups excluding carboxylic acids is 1. The van der Waals surface area contributed by atoms with Crippen LogP contribution < -0.4 is 10.5 Å². The second-order valence-electron chi connectivity index (χ2n) is 4.53. The van der Waals surface area contributed by atoms with Crippen LogP contribution in [0.15, 0.2) is 18.2 Å². The van der Waals surface area contributed by atoms with Crippen molar-refractivity contribution in [1.82, 2.24) is 0 Å². The second kappa shape index (κ2) is 7.63. The van der Waals surface area contributed by atoms with Crippen molar-refractivity contribution in [1.29, 1.82) is 0 Å². The number of rotatable bonds is 7. The van der Waals surface area contributed by atoms with Gasteiger partial charge in [-0.2, -0.15) is 0 Å². The van der Waals surface area contributed by atoms with Crippen LogP contribution in [0.25, 0.3) is 0 Å². The molecule has 0 aromatic heterocycles. The maximum absolute atomic E-state index is 11.6. The summed E-state index contributed by atoms with van der Waals surface area (Å²) in [7, 11) is 1.31. The molecular formula is C14H21NO4. The van der Waals surface area contributed by atoms with E-state index in [0.717, 1.165) is 0 Å². The summed E-state index contributed by atoms with van der Waals surface area (Å²) in [5.74, 6) is 0.397. The minimum Gasteiger partial charge on any atom is -0.490 e. The van der Waals surface area contributed by atoms with Crippen molar-refractivity contribution >= 4 is 11.7 Å². The fourth-order valence-electron chi connectivity index (χ4n) is 1.52. The number of ether oxygens (including phenoxy) is 3. The molecule has 0 fully saturated rings. The van der Waals surface area contributed by atoms with Gasteiger partial charge in [0.15, 0.2) is 0 Å². The first kappa shape index (κ1) is 15.3. The summed E-state index contributed by atoms with van der Waals surface area (Å²) >= 11 is 0. The monoisotopic (exact) mass is 267 g/mol. The predicted molar refractivity (Wildman–Crippen MR) is 73.3 cm³/mol. The van der Waals surface area contributed by atoms with E-state index in [1.807, 2.05) is 0 Å². The van der Waals surface area contributed by atoms with Gasteiger partial charge < -0.3 is 19.9 Å². The summed E-state index contributed by atoms with van der Waals surface area (Å²) in [6, 6.07) is 5.05. The van der Waals surface area contributed by atoms with E-state index in [1.54, 1.807) is 18.2 Å². The van der Waals surface area contributed by atoms with Crippen LogP contribution in [0.4, 0.5) is 5.69 Å². The summed E-state index contributed by atoms with van der Waals surface area (Å²) < 4.78 is 15.6. The normalized spacial score (nSPS) is 10.5. The van der Waals surface area contributed by atoms with E-state index in [4.69, 9.17) is 15.2 Å². The van der Waals surface area contributed by atoms with Gasteiger partial charge in [0.1, 0.15) is 17.9 Å². The highest BCUT2D eigenvalue weighted by Gasteiger charge is 2.16. The number of carbonyl (C=O) groups is 1. The summed E-state index contributed by atoms with van der Waals surface area (Å²) in [4.78, 5) is 11.6. The molecule has 1 aromatic rings. The predicted octanol–water partition coefficient (Wildman–Crippen LogP) is 2.11. The van der Waals surface area contributed by atoms with Crippen molar-refractivity contribution in [3.05, 3.63) is 23.8 Å². The van der Waals surface area contributed by atoms with Crippen molar-refractivity contribution in [2.24, 2.45) is 5.92 Å². The van der Waals surface area contributed by atoms with Gasteiger partial charge in [-0.3, -0.25) is 0 Å². The molecule has 0 aliphatic carbocycles. The van der Waals surface area contributed by atoms with E-state index < -0.39 is 5.97 Å². The molecule has 0 saturated carbocycles. The first-order chi connectivity index (χ1) is 9.06. The third-order valence-corrected chi connectivity index (χ3v) is 2.38. The molecule has 5 heteroatoms. The molecule has 1 rings (SSSR count). The maximum Gasteiger partial charge on any atom is 0.343 e. The molecule has 0 heterocycles. The molecule has 5 nitrogen and oxygen atoms in total. The van der Waals surface area contributed by atoms with E-state index in [2.05, 4.69) is 18.6 Å². The van der Waals surface area contributed by atoms with Gasteiger partial charge in [-0.25, -0.2) is 4.79 Å². The number of esters is 1.